The van der Waals surface area contributed by atoms with Gasteiger partial charge in [0.25, 0.3) is 0 Å². The molecule has 0 bridgehead atoms. The number of hydrogen-bond acceptors (Lipinski definition) is 4. The molecule has 1 amide bonds. The van der Waals surface area contributed by atoms with Crippen LogP contribution in [0.5, 0.6) is 0 Å². The third kappa shape index (κ3) is 4.94. The summed E-state index contributed by atoms with van der Waals surface area (Å²) in [7, 11) is -3.35. The van der Waals surface area contributed by atoms with Crippen LogP contribution < -0.4 is 5.32 Å². The average Bonchev–Trinajstić information content (AvgIpc) is 3.16. The van der Waals surface area contributed by atoms with Crippen molar-refractivity contribution in [2.24, 2.45) is 0 Å². The Hall–Kier alpha value is -1.15. The first-order valence-electron chi connectivity index (χ1n) is 8.65. The van der Waals surface area contributed by atoms with Crippen molar-refractivity contribution >= 4 is 28.3 Å². The minimum Gasteiger partial charge on any atom is -0.340 e. The first kappa shape index (κ1) is 20.2. The molecule has 1 aromatic carbocycles. The maximum atomic E-state index is 12.5. The van der Waals surface area contributed by atoms with Gasteiger partial charge in [0, 0.05) is 45.7 Å². The lowest BCUT2D eigenvalue weighted by molar-refractivity contribution is -0.131. The van der Waals surface area contributed by atoms with Gasteiger partial charge in [-0.1, -0.05) is 12.1 Å². The Morgan fingerprint density at radius 2 is 1.60 bits per heavy atom. The fourth-order valence-electron chi connectivity index (χ4n) is 3.23. The lowest BCUT2D eigenvalue weighted by Crippen LogP contribution is -2.46. The van der Waals surface area contributed by atoms with Crippen LogP contribution in [0, 0.1) is 0 Å². The summed E-state index contributed by atoms with van der Waals surface area (Å²) >= 11 is 0. The van der Waals surface area contributed by atoms with Crippen molar-refractivity contribution in [2.75, 3.05) is 39.3 Å². The standard InChI is InChI=1S/C17H25N3O3S.ClH/c21-17(19-13-9-18-10-14-19)8-5-15-3-6-16(7-4-15)24(22,23)20-11-1-2-12-20;/h3-4,6-7,18H,1-2,5,8-14H2;1H. The molecule has 6 nitrogen and oxygen atoms in total. The largest absolute Gasteiger partial charge is 0.340 e. The summed E-state index contributed by atoms with van der Waals surface area (Å²) in [6.07, 6.45) is 2.99. The highest BCUT2D eigenvalue weighted by atomic mass is 35.5. The molecule has 25 heavy (non-hydrogen) atoms. The van der Waals surface area contributed by atoms with E-state index in [1.54, 1.807) is 16.4 Å². The average molecular weight is 388 g/mol. The molecule has 2 saturated heterocycles. The minimum absolute atomic E-state index is 0. The Balaban J connectivity index is 0.00000225. The predicted octanol–water partition coefficient (Wildman–Crippen LogP) is 1.26. The van der Waals surface area contributed by atoms with Crippen molar-refractivity contribution in [1.29, 1.82) is 0 Å². The third-order valence-electron chi connectivity index (χ3n) is 4.72. The van der Waals surface area contributed by atoms with Crippen molar-refractivity contribution in [1.82, 2.24) is 14.5 Å². The van der Waals surface area contributed by atoms with Crippen molar-refractivity contribution in [2.45, 2.75) is 30.6 Å². The van der Waals surface area contributed by atoms with Gasteiger partial charge in [0.05, 0.1) is 4.90 Å². The highest BCUT2D eigenvalue weighted by molar-refractivity contribution is 7.89. The molecule has 1 N–H and O–H groups in total. The van der Waals surface area contributed by atoms with E-state index in [4.69, 9.17) is 0 Å². The molecule has 0 saturated carbocycles. The highest BCUT2D eigenvalue weighted by Crippen LogP contribution is 2.21. The molecule has 2 aliphatic rings. The van der Waals surface area contributed by atoms with E-state index in [2.05, 4.69) is 5.32 Å². The number of nitrogens with one attached hydrogen (secondary N) is 1. The molecule has 0 aromatic heterocycles. The van der Waals surface area contributed by atoms with E-state index in [1.807, 2.05) is 17.0 Å². The summed E-state index contributed by atoms with van der Waals surface area (Å²) in [6, 6.07) is 6.98. The van der Waals surface area contributed by atoms with Gasteiger partial charge in [-0.2, -0.15) is 4.31 Å². The Labute approximate surface area is 156 Å². The molecule has 8 heteroatoms. The van der Waals surface area contributed by atoms with E-state index in [1.165, 1.54) is 0 Å². The number of aryl methyl sites for hydroxylation is 1. The van der Waals surface area contributed by atoms with Gasteiger partial charge < -0.3 is 10.2 Å². The van der Waals surface area contributed by atoms with Gasteiger partial charge >= 0.3 is 0 Å². The van der Waals surface area contributed by atoms with Crippen LogP contribution in [0.1, 0.15) is 24.8 Å². The summed E-state index contributed by atoms with van der Waals surface area (Å²) in [5.74, 6) is 0.172. The number of halogens is 1. The quantitative estimate of drug-likeness (QED) is 0.825. The molecule has 2 fully saturated rings. The zero-order valence-corrected chi connectivity index (χ0v) is 15.9. The minimum atomic E-state index is -3.35. The van der Waals surface area contributed by atoms with E-state index >= 15 is 0 Å². The topological polar surface area (TPSA) is 69.7 Å². The number of benzene rings is 1. The van der Waals surface area contributed by atoms with Crippen LogP contribution in [-0.2, 0) is 21.2 Å². The van der Waals surface area contributed by atoms with Crippen molar-refractivity contribution < 1.29 is 13.2 Å². The molecule has 0 spiro atoms. The van der Waals surface area contributed by atoms with Gasteiger partial charge in [-0.25, -0.2) is 8.42 Å². The van der Waals surface area contributed by atoms with Crippen molar-refractivity contribution in [3.05, 3.63) is 29.8 Å². The Morgan fingerprint density at radius 1 is 1.00 bits per heavy atom. The number of piperazine rings is 1. The summed E-state index contributed by atoms with van der Waals surface area (Å²) in [5.41, 5.74) is 0.999. The Bertz CT molecular complexity index is 667. The van der Waals surface area contributed by atoms with Crippen molar-refractivity contribution in [3.8, 4) is 0 Å². The molecule has 0 unspecified atom stereocenters. The third-order valence-corrected chi connectivity index (χ3v) is 6.64. The summed E-state index contributed by atoms with van der Waals surface area (Å²) in [6.45, 7) is 4.48. The first-order valence-corrected chi connectivity index (χ1v) is 10.1. The van der Waals surface area contributed by atoms with Crippen LogP contribution in [0.3, 0.4) is 0 Å². The number of carbonyl (C=O) groups is 1. The van der Waals surface area contributed by atoms with Gasteiger partial charge in [0.15, 0.2) is 0 Å². The molecular formula is C17H26ClN3O3S. The maximum Gasteiger partial charge on any atom is 0.243 e. The Kier molecular flexibility index (Phi) is 7.25. The molecule has 140 valence electrons. The number of hydrogen-bond donors (Lipinski definition) is 1. The normalized spacial score (nSPS) is 18.8. The van der Waals surface area contributed by atoms with Crippen LogP contribution in [0.25, 0.3) is 0 Å². The smallest absolute Gasteiger partial charge is 0.243 e. The van der Waals surface area contributed by atoms with Crippen LogP contribution in [-0.4, -0.2) is 62.8 Å². The van der Waals surface area contributed by atoms with E-state index in [0.717, 1.165) is 44.6 Å². The second kappa shape index (κ2) is 8.98. The number of nitrogens with zero attached hydrogens (tertiary/aromatic N) is 2. The zero-order valence-electron chi connectivity index (χ0n) is 14.3. The SMILES string of the molecule is Cl.O=C(CCc1ccc(S(=O)(=O)N2CCCC2)cc1)N1CCNCC1. The van der Waals surface area contributed by atoms with Gasteiger partial charge in [0.1, 0.15) is 0 Å². The number of amides is 1. The second-order valence-corrected chi connectivity index (χ2v) is 8.32. The van der Waals surface area contributed by atoms with Crippen LogP contribution >= 0.6 is 12.4 Å². The number of sulfonamides is 1. The van der Waals surface area contributed by atoms with Crippen LogP contribution in [0.4, 0.5) is 0 Å². The molecule has 2 aliphatic heterocycles. The van der Waals surface area contributed by atoms with Gasteiger partial charge in [-0.05, 0) is 37.0 Å². The maximum absolute atomic E-state index is 12.5. The van der Waals surface area contributed by atoms with E-state index < -0.39 is 10.0 Å². The zero-order chi connectivity index (χ0) is 17.0. The van der Waals surface area contributed by atoms with E-state index in [9.17, 15) is 13.2 Å². The van der Waals surface area contributed by atoms with Gasteiger partial charge in [-0.15, -0.1) is 12.4 Å². The lowest BCUT2D eigenvalue weighted by atomic mass is 10.1. The molecule has 2 heterocycles. The van der Waals surface area contributed by atoms with E-state index in [0.29, 0.717) is 30.8 Å². The van der Waals surface area contributed by atoms with E-state index in [-0.39, 0.29) is 18.3 Å². The molecule has 1 aromatic rings. The second-order valence-electron chi connectivity index (χ2n) is 6.39. The fourth-order valence-corrected chi connectivity index (χ4v) is 4.75. The molecule has 0 atom stereocenters. The summed E-state index contributed by atoms with van der Waals surface area (Å²) in [5, 5.41) is 3.23. The predicted molar refractivity (Wildman–Crippen MR) is 99.5 cm³/mol. The summed E-state index contributed by atoms with van der Waals surface area (Å²) in [4.78, 5) is 14.4. The molecule has 0 radical (unpaired) electrons. The van der Waals surface area contributed by atoms with Gasteiger partial charge in [0.2, 0.25) is 15.9 Å². The lowest BCUT2D eigenvalue weighted by Gasteiger charge is -2.27. The van der Waals surface area contributed by atoms with Gasteiger partial charge in [-0.3, -0.25) is 4.79 Å². The highest BCUT2D eigenvalue weighted by Gasteiger charge is 2.26. The van der Waals surface area contributed by atoms with Crippen molar-refractivity contribution in [3.63, 3.8) is 0 Å². The number of carbonyl (C=O) groups excluding carboxylic acids is 1. The molecule has 0 aliphatic carbocycles. The fraction of sp³-hybridized carbons (Fsp3) is 0.588. The molecule has 3 rings (SSSR count). The summed E-state index contributed by atoms with van der Waals surface area (Å²) < 4.78 is 26.5. The van der Waals surface area contributed by atoms with Crippen LogP contribution in [0.15, 0.2) is 29.2 Å². The Morgan fingerprint density at radius 3 is 2.20 bits per heavy atom. The molecular weight excluding hydrogens is 362 g/mol. The monoisotopic (exact) mass is 387 g/mol. The number of rotatable bonds is 5. The first-order chi connectivity index (χ1) is 11.6. The van der Waals surface area contributed by atoms with Crippen LogP contribution in [0.2, 0.25) is 0 Å².